The molecular formula is C19H15BrN2O4. The van der Waals surface area contributed by atoms with Crippen LogP contribution < -0.4 is 10.1 Å². The van der Waals surface area contributed by atoms with Gasteiger partial charge in [0.25, 0.3) is 5.91 Å². The summed E-state index contributed by atoms with van der Waals surface area (Å²) in [5, 5.41) is 16.6. The molecule has 0 atom stereocenters. The van der Waals surface area contributed by atoms with Crippen molar-refractivity contribution in [2.24, 2.45) is 0 Å². The van der Waals surface area contributed by atoms with E-state index in [1.54, 1.807) is 19.2 Å². The van der Waals surface area contributed by atoms with Crippen molar-refractivity contribution in [2.75, 3.05) is 12.4 Å². The van der Waals surface area contributed by atoms with Crippen LogP contribution in [-0.4, -0.2) is 23.3 Å². The molecule has 1 heterocycles. The van der Waals surface area contributed by atoms with E-state index in [4.69, 9.17) is 9.26 Å². The number of rotatable bonds is 3. The number of anilines is 1. The van der Waals surface area contributed by atoms with Gasteiger partial charge in [0, 0.05) is 15.6 Å². The molecule has 0 saturated carbocycles. The topological polar surface area (TPSA) is 84.6 Å². The number of phenolic OH excluding ortho intramolecular Hbond substituents is 1. The van der Waals surface area contributed by atoms with Gasteiger partial charge in [-0.25, -0.2) is 0 Å². The van der Waals surface area contributed by atoms with Crippen LogP contribution in [0.25, 0.3) is 11.3 Å². The van der Waals surface area contributed by atoms with E-state index in [2.05, 4.69) is 26.4 Å². The summed E-state index contributed by atoms with van der Waals surface area (Å²) in [6.45, 7) is 0. The molecule has 1 aliphatic rings. The monoisotopic (exact) mass is 414 g/mol. The van der Waals surface area contributed by atoms with Gasteiger partial charge < -0.3 is 19.7 Å². The molecule has 0 aliphatic heterocycles. The second-order valence-corrected chi connectivity index (χ2v) is 6.89. The Balaban J connectivity index is 1.67. The van der Waals surface area contributed by atoms with Gasteiger partial charge in [-0.1, -0.05) is 21.1 Å². The number of carbonyl (C=O) groups is 1. The minimum absolute atomic E-state index is 0.0173. The molecule has 0 spiro atoms. The lowest BCUT2D eigenvalue weighted by Crippen LogP contribution is -2.16. The third-order valence-electron chi connectivity index (χ3n) is 4.41. The molecule has 2 N–H and O–H groups in total. The number of benzene rings is 2. The molecule has 0 saturated heterocycles. The number of amides is 1. The summed E-state index contributed by atoms with van der Waals surface area (Å²) < 4.78 is 11.5. The number of nitrogens with one attached hydrogen (secondary N) is 1. The Morgan fingerprint density at radius 3 is 2.92 bits per heavy atom. The second-order valence-electron chi connectivity index (χ2n) is 5.98. The number of fused-ring (bicyclic) bond motifs is 3. The van der Waals surface area contributed by atoms with Gasteiger partial charge in [-0.2, -0.15) is 0 Å². The van der Waals surface area contributed by atoms with E-state index in [1.807, 2.05) is 18.2 Å². The third kappa shape index (κ3) is 2.84. The van der Waals surface area contributed by atoms with Gasteiger partial charge in [0.1, 0.15) is 11.5 Å². The molecule has 1 aliphatic carbocycles. The van der Waals surface area contributed by atoms with Crippen LogP contribution >= 0.6 is 15.9 Å². The average Bonchev–Trinajstić information content (AvgIpc) is 3.08. The number of ether oxygens (including phenoxy) is 1. The predicted octanol–water partition coefficient (Wildman–Crippen LogP) is 4.17. The summed E-state index contributed by atoms with van der Waals surface area (Å²) in [7, 11) is 1.63. The van der Waals surface area contributed by atoms with E-state index in [-0.39, 0.29) is 11.4 Å². The Morgan fingerprint density at radius 2 is 2.12 bits per heavy atom. The number of hydrogen-bond donors (Lipinski definition) is 2. The Labute approximate surface area is 157 Å². The summed E-state index contributed by atoms with van der Waals surface area (Å²) in [6, 6.07) is 10.6. The molecule has 7 heteroatoms. The maximum absolute atomic E-state index is 12.6. The molecule has 2 aromatic carbocycles. The van der Waals surface area contributed by atoms with Crippen LogP contribution in [0.1, 0.15) is 21.6 Å². The molecule has 132 valence electrons. The Hall–Kier alpha value is -2.80. The lowest BCUT2D eigenvalue weighted by atomic mass is 9.89. The van der Waals surface area contributed by atoms with Crippen molar-refractivity contribution < 1.29 is 19.2 Å². The highest BCUT2D eigenvalue weighted by molar-refractivity contribution is 9.10. The molecule has 0 radical (unpaired) electrons. The average molecular weight is 415 g/mol. The highest BCUT2D eigenvalue weighted by Gasteiger charge is 2.28. The second kappa shape index (κ2) is 6.49. The zero-order valence-corrected chi connectivity index (χ0v) is 15.5. The smallest absolute Gasteiger partial charge is 0.278 e. The lowest BCUT2D eigenvalue weighted by molar-refractivity contribution is 0.101. The maximum atomic E-state index is 12.6. The number of halogens is 1. The molecular weight excluding hydrogens is 400 g/mol. The minimum Gasteiger partial charge on any atom is -0.506 e. The van der Waals surface area contributed by atoms with Crippen LogP contribution in [0.15, 0.2) is 45.4 Å². The number of nitrogens with zero attached hydrogens (tertiary/aromatic N) is 1. The Kier molecular flexibility index (Phi) is 4.16. The summed E-state index contributed by atoms with van der Waals surface area (Å²) in [6.07, 6.45) is 1.41. The van der Waals surface area contributed by atoms with Crippen LogP contribution in [0, 0.1) is 0 Å². The molecule has 0 bridgehead atoms. The van der Waals surface area contributed by atoms with Crippen molar-refractivity contribution in [3.05, 3.63) is 57.7 Å². The van der Waals surface area contributed by atoms with Gasteiger partial charge in [-0.3, -0.25) is 4.79 Å². The van der Waals surface area contributed by atoms with E-state index < -0.39 is 5.91 Å². The molecule has 0 fully saturated rings. The first-order chi connectivity index (χ1) is 12.6. The van der Waals surface area contributed by atoms with Gasteiger partial charge in [0.15, 0.2) is 11.5 Å². The van der Waals surface area contributed by atoms with Crippen LogP contribution in [0.3, 0.4) is 0 Å². The highest BCUT2D eigenvalue weighted by Crippen LogP contribution is 2.37. The van der Waals surface area contributed by atoms with Crippen LogP contribution in [-0.2, 0) is 12.8 Å². The summed E-state index contributed by atoms with van der Waals surface area (Å²) in [4.78, 5) is 12.6. The largest absolute Gasteiger partial charge is 0.506 e. The number of aromatic hydroxyl groups is 1. The van der Waals surface area contributed by atoms with Crippen molar-refractivity contribution in [2.45, 2.75) is 12.8 Å². The first kappa shape index (κ1) is 16.7. The predicted molar refractivity (Wildman–Crippen MR) is 99.7 cm³/mol. The fraction of sp³-hybridized carbons (Fsp3) is 0.158. The quantitative estimate of drug-likeness (QED) is 0.628. The van der Waals surface area contributed by atoms with Gasteiger partial charge in [-0.15, -0.1) is 0 Å². The summed E-state index contributed by atoms with van der Waals surface area (Å²) >= 11 is 3.32. The molecule has 0 unspecified atom stereocenters. The van der Waals surface area contributed by atoms with Crippen molar-refractivity contribution in [3.8, 4) is 22.8 Å². The maximum Gasteiger partial charge on any atom is 0.278 e. The molecule has 1 aromatic heterocycles. The van der Waals surface area contributed by atoms with Gasteiger partial charge in [-0.05, 0) is 54.8 Å². The number of aromatic nitrogens is 1. The van der Waals surface area contributed by atoms with E-state index in [1.165, 1.54) is 6.07 Å². The minimum atomic E-state index is -0.416. The normalized spacial score (nSPS) is 12.2. The van der Waals surface area contributed by atoms with Crippen molar-refractivity contribution in [1.29, 1.82) is 0 Å². The zero-order valence-electron chi connectivity index (χ0n) is 13.9. The first-order valence-corrected chi connectivity index (χ1v) is 8.82. The van der Waals surface area contributed by atoms with E-state index in [9.17, 15) is 9.90 Å². The SMILES string of the molecule is COc1ccc2c(c1)CCc1c(C(=O)Nc3cc(Br)ccc3O)noc1-2. The van der Waals surface area contributed by atoms with Gasteiger partial charge >= 0.3 is 0 Å². The third-order valence-corrected chi connectivity index (χ3v) is 4.90. The Morgan fingerprint density at radius 1 is 1.27 bits per heavy atom. The van der Waals surface area contributed by atoms with Crippen LogP contribution in [0.4, 0.5) is 5.69 Å². The number of aryl methyl sites for hydroxylation is 1. The molecule has 4 rings (SSSR count). The van der Waals surface area contributed by atoms with Crippen LogP contribution in [0.2, 0.25) is 0 Å². The molecule has 1 amide bonds. The number of phenols is 1. The highest BCUT2D eigenvalue weighted by atomic mass is 79.9. The van der Waals surface area contributed by atoms with E-state index in [0.717, 1.165) is 33.3 Å². The standard InChI is InChI=1S/C19H15BrN2O4/c1-25-12-4-6-13-10(8-12)2-5-14-17(22-26-18(13)14)19(24)21-15-9-11(20)3-7-16(15)23/h3-4,6-9,23H,2,5H2,1H3,(H,21,24). The van der Waals surface area contributed by atoms with Crippen LogP contribution in [0.5, 0.6) is 11.5 Å². The fourth-order valence-corrected chi connectivity index (χ4v) is 3.47. The van der Waals surface area contributed by atoms with Crippen molar-refractivity contribution in [1.82, 2.24) is 5.16 Å². The van der Waals surface area contributed by atoms with Gasteiger partial charge in [0.05, 0.1) is 12.8 Å². The lowest BCUT2D eigenvalue weighted by Gasteiger charge is -2.15. The number of carbonyl (C=O) groups excluding carboxylic acids is 1. The molecule has 3 aromatic rings. The number of methoxy groups -OCH3 is 1. The summed E-state index contributed by atoms with van der Waals surface area (Å²) in [5.74, 6) is 0.962. The fourth-order valence-electron chi connectivity index (χ4n) is 3.11. The molecule has 6 nitrogen and oxygen atoms in total. The zero-order chi connectivity index (χ0) is 18.3. The van der Waals surface area contributed by atoms with E-state index >= 15 is 0 Å². The molecule has 26 heavy (non-hydrogen) atoms. The Bertz CT molecular complexity index is 1010. The first-order valence-electron chi connectivity index (χ1n) is 8.02. The number of hydrogen-bond acceptors (Lipinski definition) is 5. The van der Waals surface area contributed by atoms with Crippen molar-refractivity contribution in [3.63, 3.8) is 0 Å². The van der Waals surface area contributed by atoms with Gasteiger partial charge in [0.2, 0.25) is 0 Å². The van der Waals surface area contributed by atoms with Crippen molar-refractivity contribution >= 4 is 27.5 Å². The summed E-state index contributed by atoms with van der Waals surface area (Å²) in [5.41, 5.74) is 3.34. The van der Waals surface area contributed by atoms with E-state index in [0.29, 0.717) is 17.9 Å².